The molecule has 1 aromatic carbocycles. The van der Waals surface area contributed by atoms with Crippen LogP contribution < -0.4 is 5.32 Å². The van der Waals surface area contributed by atoms with E-state index in [2.05, 4.69) is 10.4 Å². The molecule has 1 aromatic heterocycles. The normalized spacial score (nSPS) is 17.3. The first-order chi connectivity index (χ1) is 12.8. The number of halogens is 3. The molecule has 1 fully saturated rings. The molecule has 1 aliphatic heterocycles. The Morgan fingerprint density at radius 1 is 1.41 bits per heavy atom. The number of aromatic nitrogens is 2. The van der Waals surface area contributed by atoms with Crippen molar-refractivity contribution in [1.82, 2.24) is 15.1 Å². The first-order valence-electron chi connectivity index (χ1n) is 8.84. The zero-order valence-electron chi connectivity index (χ0n) is 15.3. The first-order valence-corrected chi connectivity index (χ1v) is 8.84. The smallest absolute Gasteiger partial charge is 0.381 e. The van der Waals surface area contributed by atoms with Gasteiger partial charge in [-0.1, -0.05) is 12.1 Å². The lowest BCUT2D eigenvalue weighted by Crippen LogP contribution is -2.26. The lowest BCUT2D eigenvalue weighted by atomic mass is 10.00. The Bertz CT molecular complexity index is 824. The number of nitrogens with one attached hydrogen (secondary N) is 1. The quantitative estimate of drug-likeness (QED) is 0.862. The molecule has 1 aliphatic rings. The molecule has 1 saturated heterocycles. The van der Waals surface area contributed by atoms with Crippen LogP contribution in [0.1, 0.15) is 34.6 Å². The van der Waals surface area contributed by atoms with Crippen LogP contribution in [0.25, 0.3) is 11.1 Å². The average molecular weight is 381 g/mol. The summed E-state index contributed by atoms with van der Waals surface area (Å²) >= 11 is 0. The number of carbonyl (C=O) groups excluding carboxylic acids is 1. The maximum absolute atomic E-state index is 13.3. The second kappa shape index (κ2) is 7.72. The predicted molar refractivity (Wildman–Crippen MR) is 94.3 cm³/mol. The van der Waals surface area contributed by atoms with E-state index in [1.807, 2.05) is 0 Å². The molecule has 1 N–H and O–H groups in total. The van der Waals surface area contributed by atoms with Crippen LogP contribution in [-0.4, -0.2) is 35.4 Å². The summed E-state index contributed by atoms with van der Waals surface area (Å²) in [6, 6.07) is 6.22. The van der Waals surface area contributed by atoms with Crippen LogP contribution in [0.4, 0.5) is 13.2 Å². The Morgan fingerprint density at radius 2 is 2.19 bits per heavy atom. The van der Waals surface area contributed by atoms with Gasteiger partial charge in [0.2, 0.25) is 0 Å². The molecule has 0 spiro atoms. The number of alkyl halides is 3. The molecule has 0 unspecified atom stereocenters. The molecular weight excluding hydrogens is 359 g/mol. The van der Waals surface area contributed by atoms with Crippen molar-refractivity contribution in [3.63, 3.8) is 0 Å². The minimum atomic E-state index is -4.57. The van der Waals surface area contributed by atoms with Crippen molar-refractivity contribution in [2.45, 2.75) is 25.9 Å². The molecule has 27 heavy (non-hydrogen) atoms. The first kappa shape index (κ1) is 19.4. The summed E-state index contributed by atoms with van der Waals surface area (Å²) in [6.07, 6.45) is -2.75. The second-order valence-electron chi connectivity index (χ2n) is 6.79. The number of aryl methyl sites for hydroxylation is 1. The fourth-order valence-electron chi connectivity index (χ4n) is 3.27. The number of ether oxygens (including phenoxy) is 1. The fourth-order valence-corrected chi connectivity index (χ4v) is 3.27. The van der Waals surface area contributed by atoms with Gasteiger partial charge in [0.05, 0.1) is 0 Å². The Morgan fingerprint density at radius 3 is 2.85 bits per heavy atom. The van der Waals surface area contributed by atoms with Gasteiger partial charge in [0.15, 0.2) is 5.69 Å². The number of benzene rings is 1. The summed E-state index contributed by atoms with van der Waals surface area (Å²) in [4.78, 5) is 12.4. The molecule has 0 aliphatic carbocycles. The van der Waals surface area contributed by atoms with Gasteiger partial charge in [0, 0.05) is 43.6 Å². The van der Waals surface area contributed by atoms with Crippen LogP contribution in [0.5, 0.6) is 0 Å². The molecule has 0 saturated carbocycles. The van der Waals surface area contributed by atoms with E-state index >= 15 is 0 Å². The highest BCUT2D eigenvalue weighted by Crippen LogP contribution is 2.38. The molecule has 2 aromatic rings. The van der Waals surface area contributed by atoms with Gasteiger partial charge in [-0.2, -0.15) is 18.3 Å². The Hall–Kier alpha value is -2.35. The topological polar surface area (TPSA) is 56.1 Å². The van der Waals surface area contributed by atoms with E-state index in [1.165, 1.54) is 17.8 Å². The van der Waals surface area contributed by atoms with Crippen LogP contribution in [0.15, 0.2) is 24.3 Å². The monoisotopic (exact) mass is 381 g/mol. The van der Waals surface area contributed by atoms with Crippen molar-refractivity contribution < 1.29 is 22.7 Å². The van der Waals surface area contributed by atoms with Crippen LogP contribution in [0.2, 0.25) is 0 Å². The van der Waals surface area contributed by atoms with Gasteiger partial charge in [-0.3, -0.25) is 9.48 Å². The lowest BCUT2D eigenvalue weighted by molar-refractivity contribution is -0.140. The van der Waals surface area contributed by atoms with E-state index in [9.17, 15) is 18.0 Å². The van der Waals surface area contributed by atoms with Gasteiger partial charge in [0.1, 0.15) is 0 Å². The van der Waals surface area contributed by atoms with Gasteiger partial charge >= 0.3 is 6.18 Å². The van der Waals surface area contributed by atoms with Gasteiger partial charge in [-0.25, -0.2) is 0 Å². The van der Waals surface area contributed by atoms with Crippen LogP contribution in [0.3, 0.4) is 0 Å². The van der Waals surface area contributed by atoms with Crippen molar-refractivity contribution in [3.8, 4) is 11.1 Å². The maximum Gasteiger partial charge on any atom is 0.435 e. The Kier molecular flexibility index (Phi) is 5.55. The minimum absolute atomic E-state index is 0.00255. The summed E-state index contributed by atoms with van der Waals surface area (Å²) in [6.45, 7) is 3.56. The molecule has 5 nitrogen and oxygen atoms in total. The minimum Gasteiger partial charge on any atom is -0.381 e. The largest absolute Gasteiger partial charge is 0.435 e. The van der Waals surface area contributed by atoms with Gasteiger partial charge in [-0.15, -0.1) is 0 Å². The summed E-state index contributed by atoms with van der Waals surface area (Å²) in [5.41, 5.74) is 0.0986. The van der Waals surface area contributed by atoms with Crippen LogP contribution in [-0.2, 0) is 18.0 Å². The molecule has 0 bridgehead atoms. The lowest BCUT2D eigenvalue weighted by Gasteiger charge is -2.11. The number of nitrogens with zero attached hydrogens (tertiary/aromatic N) is 2. The summed E-state index contributed by atoms with van der Waals surface area (Å²) in [5, 5.41) is 6.44. The fraction of sp³-hybridized carbons (Fsp3) is 0.474. The summed E-state index contributed by atoms with van der Waals surface area (Å²) < 4.78 is 46.5. The molecule has 2 heterocycles. The Labute approximate surface area is 155 Å². The van der Waals surface area contributed by atoms with E-state index in [1.54, 1.807) is 25.1 Å². The van der Waals surface area contributed by atoms with Crippen molar-refractivity contribution in [1.29, 1.82) is 0 Å². The maximum atomic E-state index is 13.3. The van der Waals surface area contributed by atoms with Crippen molar-refractivity contribution in [2.75, 3.05) is 19.8 Å². The van der Waals surface area contributed by atoms with E-state index in [-0.39, 0.29) is 11.5 Å². The van der Waals surface area contributed by atoms with Crippen molar-refractivity contribution in [2.24, 2.45) is 13.0 Å². The molecule has 8 heteroatoms. The summed E-state index contributed by atoms with van der Waals surface area (Å²) in [7, 11) is 1.47. The third-order valence-electron chi connectivity index (χ3n) is 4.88. The highest BCUT2D eigenvalue weighted by molar-refractivity contribution is 5.95. The molecule has 1 atom stereocenters. The Balaban J connectivity index is 1.78. The third-order valence-corrected chi connectivity index (χ3v) is 4.88. The summed E-state index contributed by atoms with van der Waals surface area (Å²) in [5.74, 6) is 0.148. The zero-order valence-corrected chi connectivity index (χ0v) is 15.3. The third kappa shape index (κ3) is 4.32. The van der Waals surface area contributed by atoms with Gasteiger partial charge in [0.25, 0.3) is 5.91 Å². The number of amides is 1. The van der Waals surface area contributed by atoms with Crippen molar-refractivity contribution >= 4 is 5.91 Å². The molecule has 1 amide bonds. The van der Waals surface area contributed by atoms with Gasteiger partial charge < -0.3 is 10.1 Å². The highest BCUT2D eigenvalue weighted by atomic mass is 19.4. The number of rotatable bonds is 5. The van der Waals surface area contributed by atoms with Crippen LogP contribution >= 0.6 is 0 Å². The van der Waals surface area contributed by atoms with Gasteiger partial charge in [-0.05, 0) is 43.4 Å². The molecular formula is C19H22F3N3O2. The standard InChI is InChI=1S/C19H22F3N3O2/c1-12-16(17(19(20,21)22)24-25(12)2)14-4-3-5-15(10-14)18(26)23-8-6-13-7-9-27-11-13/h3-5,10,13H,6-9,11H2,1-2H3,(H,23,26)/t13-/m0/s1. The predicted octanol–water partition coefficient (Wildman–Crippen LogP) is 3.57. The van der Waals surface area contributed by atoms with Crippen molar-refractivity contribution in [3.05, 3.63) is 41.2 Å². The van der Waals surface area contributed by atoms with E-state index in [4.69, 9.17) is 4.74 Å². The number of carbonyl (C=O) groups is 1. The van der Waals surface area contributed by atoms with E-state index in [0.717, 1.165) is 19.4 Å². The number of hydrogen-bond acceptors (Lipinski definition) is 3. The second-order valence-corrected chi connectivity index (χ2v) is 6.79. The van der Waals surface area contributed by atoms with E-state index in [0.29, 0.717) is 35.9 Å². The highest BCUT2D eigenvalue weighted by Gasteiger charge is 2.38. The zero-order chi connectivity index (χ0) is 19.6. The van der Waals surface area contributed by atoms with E-state index < -0.39 is 11.9 Å². The molecule has 146 valence electrons. The SMILES string of the molecule is Cc1c(-c2cccc(C(=O)NCC[C@H]3CCOC3)c2)c(C(F)(F)F)nn1C. The number of hydrogen-bond donors (Lipinski definition) is 1. The molecule has 3 rings (SSSR count). The average Bonchev–Trinajstić information content (AvgIpc) is 3.23. The molecule has 0 radical (unpaired) electrons. The van der Waals surface area contributed by atoms with Crippen LogP contribution in [0, 0.1) is 12.8 Å².